The molecule has 0 radical (unpaired) electrons. The summed E-state index contributed by atoms with van der Waals surface area (Å²) in [5.74, 6) is -1.23. The number of nitriles is 1. The molecule has 8 nitrogen and oxygen atoms in total. The number of amides is 1. The zero-order valence-electron chi connectivity index (χ0n) is 16.3. The lowest BCUT2D eigenvalue weighted by Gasteiger charge is -2.08. The van der Waals surface area contributed by atoms with E-state index >= 15 is 0 Å². The number of hydrogen-bond donors (Lipinski definition) is 1. The van der Waals surface area contributed by atoms with Crippen molar-refractivity contribution in [2.45, 2.75) is 6.42 Å². The molecular formula is C23H17N3O5. The summed E-state index contributed by atoms with van der Waals surface area (Å²) in [5.41, 5.74) is 2.61. The summed E-state index contributed by atoms with van der Waals surface area (Å²) >= 11 is 0. The van der Waals surface area contributed by atoms with E-state index in [9.17, 15) is 19.7 Å². The molecule has 3 aromatic rings. The van der Waals surface area contributed by atoms with Gasteiger partial charge in [0.25, 0.3) is 11.6 Å². The molecular weight excluding hydrogens is 398 g/mol. The third-order valence-electron chi connectivity index (χ3n) is 4.38. The molecule has 1 N–H and O–H groups in total. The molecule has 31 heavy (non-hydrogen) atoms. The van der Waals surface area contributed by atoms with Crippen LogP contribution in [0, 0.1) is 21.4 Å². The standard InChI is InChI=1S/C23H17N3O5/c24-14-19-13-20(26(29)30)10-11-21(19)25-22(27)15-31-23(28)12-16-6-8-18(9-7-16)17-4-2-1-3-5-17/h1-11,13H,12,15H2,(H,25,27). The monoisotopic (exact) mass is 415 g/mol. The Balaban J connectivity index is 1.52. The van der Waals surface area contributed by atoms with Crippen LogP contribution in [-0.4, -0.2) is 23.4 Å². The van der Waals surface area contributed by atoms with Gasteiger partial charge in [-0.15, -0.1) is 0 Å². The number of hydrogen-bond acceptors (Lipinski definition) is 6. The Kier molecular flexibility index (Phi) is 6.71. The van der Waals surface area contributed by atoms with E-state index in [1.165, 1.54) is 12.1 Å². The van der Waals surface area contributed by atoms with Crippen LogP contribution in [0.5, 0.6) is 0 Å². The van der Waals surface area contributed by atoms with Gasteiger partial charge in [0.05, 0.1) is 22.6 Å². The van der Waals surface area contributed by atoms with Crippen molar-refractivity contribution in [1.29, 1.82) is 5.26 Å². The molecule has 0 aliphatic rings. The number of esters is 1. The van der Waals surface area contributed by atoms with Gasteiger partial charge in [-0.25, -0.2) is 0 Å². The van der Waals surface area contributed by atoms with Crippen LogP contribution in [0.4, 0.5) is 11.4 Å². The van der Waals surface area contributed by atoms with E-state index < -0.39 is 23.4 Å². The van der Waals surface area contributed by atoms with E-state index in [-0.39, 0.29) is 23.4 Å². The van der Waals surface area contributed by atoms with Crippen LogP contribution in [0.3, 0.4) is 0 Å². The predicted molar refractivity (Wildman–Crippen MR) is 113 cm³/mol. The smallest absolute Gasteiger partial charge is 0.310 e. The molecule has 0 heterocycles. The number of nitrogens with one attached hydrogen (secondary N) is 1. The summed E-state index contributed by atoms with van der Waals surface area (Å²) in [4.78, 5) is 34.2. The number of carbonyl (C=O) groups excluding carboxylic acids is 2. The first-order chi connectivity index (χ1) is 15.0. The van der Waals surface area contributed by atoms with Crippen LogP contribution in [0.15, 0.2) is 72.8 Å². The zero-order valence-corrected chi connectivity index (χ0v) is 16.3. The molecule has 0 aromatic heterocycles. The van der Waals surface area contributed by atoms with Gasteiger partial charge < -0.3 is 10.1 Å². The van der Waals surface area contributed by atoms with Gasteiger partial charge in [0, 0.05) is 12.1 Å². The average molecular weight is 415 g/mol. The Morgan fingerprint density at radius 1 is 1.00 bits per heavy atom. The highest BCUT2D eigenvalue weighted by Crippen LogP contribution is 2.22. The topological polar surface area (TPSA) is 122 Å². The van der Waals surface area contributed by atoms with E-state index in [0.29, 0.717) is 0 Å². The van der Waals surface area contributed by atoms with Crippen LogP contribution in [-0.2, 0) is 20.7 Å². The fourth-order valence-electron chi connectivity index (χ4n) is 2.84. The summed E-state index contributed by atoms with van der Waals surface area (Å²) in [6.45, 7) is -0.539. The lowest BCUT2D eigenvalue weighted by atomic mass is 10.0. The Labute approximate surface area is 177 Å². The number of carbonyl (C=O) groups is 2. The van der Waals surface area contributed by atoms with E-state index in [0.717, 1.165) is 22.8 Å². The van der Waals surface area contributed by atoms with Crippen molar-refractivity contribution < 1.29 is 19.2 Å². The Morgan fingerprint density at radius 3 is 2.32 bits per heavy atom. The van der Waals surface area contributed by atoms with Crippen molar-refractivity contribution in [2.24, 2.45) is 0 Å². The lowest BCUT2D eigenvalue weighted by Crippen LogP contribution is -2.22. The minimum Gasteiger partial charge on any atom is -0.455 e. The van der Waals surface area contributed by atoms with Crippen LogP contribution in [0.2, 0.25) is 0 Å². The second-order valence-corrected chi connectivity index (χ2v) is 6.55. The summed E-state index contributed by atoms with van der Waals surface area (Å²) in [5, 5.41) is 22.3. The third kappa shape index (κ3) is 5.74. The summed E-state index contributed by atoms with van der Waals surface area (Å²) < 4.78 is 4.99. The Bertz CT molecular complexity index is 1150. The van der Waals surface area contributed by atoms with E-state index in [1.54, 1.807) is 6.07 Å². The SMILES string of the molecule is N#Cc1cc([N+](=O)[O-])ccc1NC(=O)COC(=O)Cc1ccc(-c2ccccc2)cc1. The number of non-ortho nitro benzene ring substituents is 1. The molecule has 0 aliphatic carbocycles. The normalized spacial score (nSPS) is 10.0. The van der Waals surface area contributed by atoms with Crippen molar-refractivity contribution in [2.75, 3.05) is 11.9 Å². The van der Waals surface area contributed by atoms with Gasteiger partial charge in [0.15, 0.2) is 6.61 Å². The Morgan fingerprint density at radius 2 is 1.68 bits per heavy atom. The van der Waals surface area contributed by atoms with Gasteiger partial charge in [-0.3, -0.25) is 19.7 Å². The Hall–Kier alpha value is -4.51. The minimum atomic E-state index is -0.655. The van der Waals surface area contributed by atoms with Gasteiger partial charge in [-0.2, -0.15) is 5.26 Å². The molecule has 0 saturated heterocycles. The highest BCUT2D eigenvalue weighted by atomic mass is 16.6. The molecule has 0 bridgehead atoms. The first-order valence-electron chi connectivity index (χ1n) is 9.24. The maximum Gasteiger partial charge on any atom is 0.310 e. The lowest BCUT2D eigenvalue weighted by molar-refractivity contribution is -0.384. The van der Waals surface area contributed by atoms with Crippen LogP contribution >= 0.6 is 0 Å². The summed E-state index contributed by atoms with van der Waals surface area (Å²) in [6.07, 6.45) is 0.00330. The van der Waals surface area contributed by atoms with E-state index in [1.807, 2.05) is 54.6 Å². The maximum absolute atomic E-state index is 12.0. The van der Waals surface area contributed by atoms with Gasteiger partial charge in [0.2, 0.25) is 0 Å². The molecule has 0 aliphatic heterocycles. The van der Waals surface area contributed by atoms with Crippen molar-refractivity contribution in [3.63, 3.8) is 0 Å². The highest BCUT2D eigenvalue weighted by molar-refractivity contribution is 5.94. The van der Waals surface area contributed by atoms with E-state index in [4.69, 9.17) is 10.00 Å². The van der Waals surface area contributed by atoms with Crippen molar-refractivity contribution in [1.82, 2.24) is 0 Å². The van der Waals surface area contributed by atoms with Gasteiger partial charge >= 0.3 is 5.97 Å². The van der Waals surface area contributed by atoms with Gasteiger partial charge in [-0.05, 0) is 22.8 Å². The quantitative estimate of drug-likeness (QED) is 0.355. The predicted octanol–water partition coefficient (Wildman–Crippen LogP) is 3.86. The fraction of sp³-hybridized carbons (Fsp3) is 0.0870. The number of benzene rings is 3. The second kappa shape index (κ2) is 9.80. The minimum absolute atomic E-state index is 0.00330. The molecule has 0 unspecified atom stereocenters. The molecule has 3 rings (SSSR count). The summed E-state index contributed by atoms with van der Waals surface area (Å²) in [7, 11) is 0. The first kappa shape index (κ1) is 21.2. The second-order valence-electron chi connectivity index (χ2n) is 6.55. The number of anilines is 1. The van der Waals surface area contributed by atoms with Crippen molar-refractivity contribution >= 4 is 23.3 Å². The van der Waals surface area contributed by atoms with Gasteiger partial charge in [-0.1, -0.05) is 54.6 Å². The molecule has 0 atom stereocenters. The van der Waals surface area contributed by atoms with Gasteiger partial charge in [0.1, 0.15) is 6.07 Å². The first-order valence-corrected chi connectivity index (χ1v) is 9.24. The molecule has 0 fully saturated rings. The highest BCUT2D eigenvalue weighted by Gasteiger charge is 2.14. The molecule has 8 heteroatoms. The molecule has 154 valence electrons. The molecule has 0 saturated carbocycles. The number of ether oxygens (including phenoxy) is 1. The van der Waals surface area contributed by atoms with Crippen LogP contribution in [0.25, 0.3) is 11.1 Å². The average Bonchev–Trinajstić information content (AvgIpc) is 2.79. The fourth-order valence-corrected chi connectivity index (χ4v) is 2.84. The maximum atomic E-state index is 12.0. The van der Waals surface area contributed by atoms with Crippen LogP contribution in [0.1, 0.15) is 11.1 Å². The van der Waals surface area contributed by atoms with Crippen molar-refractivity contribution in [3.8, 4) is 17.2 Å². The van der Waals surface area contributed by atoms with Crippen LogP contribution < -0.4 is 5.32 Å². The van der Waals surface area contributed by atoms with E-state index in [2.05, 4.69) is 5.32 Å². The zero-order chi connectivity index (χ0) is 22.2. The number of rotatable bonds is 7. The number of nitro groups is 1. The summed E-state index contributed by atoms with van der Waals surface area (Å²) in [6, 6.07) is 22.5. The molecule has 0 spiro atoms. The molecule has 3 aromatic carbocycles. The molecule has 1 amide bonds. The van der Waals surface area contributed by atoms with Crippen molar-refractivity contribution in [3.05, 3.63) is 94.0 Å². The number of nitro benzene ring substituents is 1. The largest absolute Gasteiger partial charge is 0.455 e. The third-order valence-corrected chi connectivity index (χ3v) is 4.38. The number of nitrogens with zero attached hydrogens (tertiary/aromatic N) is 2.